The molecule has 0 aliphatic rings. The predicted molar refractivity (Wildman–Crippen MR) is 256 cm³/mol. The second kappa shape index (κ2) is 14.0. The molecule has 0 unspecified atom stereocenters. The van der Waals surface area contributed by atoms with Gasteiger partial charge in [-0.2, -0.15) is 0 Å². The summed E-state index contributed by atoms with van der Waals surface area (Å²) in [5.41, 5.74) is 13.5. The molecule has 4 heterocycles. The van der Waals surface area contributed by atoms with E-state index in [2.05, 4.69) is 150 Å². The van der Waals surface area contributed by atoms with E-state index in [4.69, 9.17) is 23.8 Å². The standard InChI is InChI=1S/C57H34N4O2/c1-3-15-35(16-4-1)37-19-13-20-39(33-37)56-58-55(36-17-5-2-6-18-36)59-57(60-56)43-24-14-28-50-53(43)44-34-38(29-31-49(44)63-50)52-47(30-32-51-54(52)42-23-9-12-27-48(42)62-51)61-45-25-10-7-21-40(45)41-22-8-11-26-46(41)61/h1-34H. The van der Waals surface area contributed by atoms with E-state index >= 15 is 0 Å². The zero-order valence-electron chi connectivity index (χ0n) is 33.7. The van der Waals surface area contributed by atoms with Crippen LogP contribution in [0.1, 0.15) is 0 Å². The average molecular weight is 807 g/mol. The molecule has 0 saturated carbocycles. The van der Waals surface area contributed by atoms with Crippen LogP contribution in [0.25, 0.3) is 128 Å². The summed E-state index contributed by atoms with van der Waals surface area (Å²) in [7, 11) is 0. The molecular formula is C57H34N4O2. The molecule has 0 amide bonds. The van der Waals surface area contributed by atoms with Crippen molar-refractivity contribution in [1.29, 1.82) is 0 Å². The molecule has 63 heavy (non-hydrogen) atoms. The summed E-state index contributed by atoms with van der Waals surface area (Å²) in [5.74, 6) is 1.76. The van der Waals surface area contributed by atoms with Gasteiger partial charge in [-0.3, -0.25) is 0 Å². The Morgan fingerprint density at radius 3 is 1.62 bits per heavy atom. The van der Waals surface area contributed by atoms with Crippen LogP contribution in [0.4, 0.5) is 0 Å². The van der Waals surface area contributed by atoms with Crippen molar-refractivity contribution in [2.75, 3.05) is 0 Å². The summed E-state index contributed by atoms with van der Waals surface area (Å²) < 4.78 is 15.6. The molecule has 6 heteroatoms. The highest BCUT2D eigenvalue weighted by Gasteiger charge is 2.23. The molecule has 0 bridgehead atoms. The minimum atomic E-state index is 0.566. The van der Waals surface area contributed by atoms with E-state index in [1.165, 1.54) is 10.8 Å². The van der Waals surface area contributed by atoms with Gasteiger partial charge in [-0.1, -0.05) is 152 Å². The van der Waals surface area contributed by atoms with Crippen molar-refractivity contribution in [2.45, 2.75) is 0 Å². The monoisotopic (exact) mass is 806 g/mol. The van der Waals surface area contributed by atoms with Crippen LogP contribution < -0.4 is 0 Å². The van der Waals surface area contributed by atoms with Crippen LogP contribution in [0.15, 0.2) is 215 Å². The third-order valence-electron chi connectivity index (χ3n) is 12.3. The van der Waals surface area contributed by atoms with Crippen LogP contribution in [-0.4, -0.2) is 19.5 Å². The molecule has 4 aromatic heterocycles. The maximum Gasteiger partial charge on any atom is 0.164 e. The van der Waals surface area contributed by atoms with Crippen LogP contribution >= 0.6 is 0 Å². The molecule has 294 valence electrons. The number of rotatable bonds is 6. The van der Waals surface area contributed by atoms with Gasteiger partial charge in [-0.15, -0.1) is 0 Å². The molecule has 9 aromatic carbocycles. The third-order valence-corrected chi connectivity index (χ3v) is 12.3. The lowest BCUT2D eigenvalue weighted by Crippen LogP contribution is -2.00. The van der Waals surface area contributed by atoms with E-state index < -0.39 is 0 Å². The average Bonchev–Trinajstić information content (AvgIpc) is 4.04. The Kier molecular flexibility index (Phi) is 7.80. The molecule has 0 radical (unpaired) electrons. The summed E-state index contributed by atoms with van der Waals surface area (Å²) in [6.07, 6.45) is 0. The van der Waals surface area contributed by atoms with Crippen LogP contribution in [0.2, 0.25) is 0 Å². The Labute approximate surface area is 361 Å². The van der Waals surface area contributed by atoms with Crippen molar-refractivity contribution < 1.29 is 8.83 Å². The fourth-order valence-electron chi connectivity index (χ4n) is 9.45. The van der Waals surface area contributed by atoms with Gasteiger partial charge in [0, 0.05) is 54.6 Å². The molecule has 0 atom stereocenters. The Hall–Kier alpha value is -8.61. The minimum Gasteiger partial charge on any atom is -0.456 e. The summed E-state index contributed by atoms with van der Waals surface area (Å²) in [6, 6.07) is 71.5. The molecule has 0 aliphatic carbocycles. The molecule has 13 rings (SSSR count). The number of benzene rings is 9. The zero-order chi connectivity index (χ0) is 41.4. The van der Waals surface area contributed by atoms with Gasteiger partial charge in [-0.25, -0.2) is 15.0 Å². The van der Waals surface area contributed by atoms with E-state index in [9.17, 15) is 0 Å². The summed E-state index contributed by atoms with van der Waals surface area (Å²) >= 11 is 0. The summed E-state index contributed by atoms with van der Waals surface area (Å²) in [6.45, 7) is 0. The molecule has 13 aromatic rings. The van der Waals surface area contributed by atoms with E-state index in [1.54, 1.807) is 0 Å². The number of nitrogens with zero attached hydrogens (tertiary/aromatic N) is 4. The second-order valence-corrected chi connectivity index (χ2v) is 15.9. The van der Waals surface area contributed by atoms with E-state index in [1.807, 2.05) is 60.7 Å². The first-order chi connectivity index (χ1) is 31.2. The number of fused-ring (bicyclic) bond motifs is 9. The largest absolute Gasteiger partial charge is 0.456 e. The van der Waals surface area contributed by atoms with Crippen molar-refractivity contribution in [3.8, 4) is 62.1 Å². The molecule has 0 N–H and O–H groups in total. The number of aromatic nitrogens is 4. The van der Waals surface area contributed by atoms with Crippen LogP contribution in [0, 0.1) is 0 Å². The SMILES string of the molecule is c1ccc(-c2cccc(-c3nc(-c4ccccc4)nc(-c4cccc5oc6ccc(-c7c(-n8c9ccccc9c9ccccc98)ccc8oc9ccccc9c78)cc6c45)n3)c2)cc1. The Morgan fingerprint density at radius 2 is 0.857 bits per heavy atom. The van der Waals surface area contributed by atoms with Crippen LogP contribution in [-0.2, 0) is 0 Å². The topological polar surface area (TPSA) is 69.9 Å². The third kappa shape index (κ3) is 5.62. The van der Waals surface area contributed by atoms with Crippen LogP contribution in [0.3, 0.4) is 0 Å². The minimum absolute atomic E-state index is 0.566. The van der Waals surface area contributed by atoms with Gasteiger partial charge in [0.05, 0.1) is 16.7 Å². The zero-order valence-corrected chi connectivity index (χ0v) is 33.7. The van der Waals surface area contributed by atoms with Crippen molar-refractivity contribution >= 4 is 65.7 Å². The lowest BCUT2D eigenvalue weighted by Gasteiger charge is -2.16. The van der Waals surface area contributed by atoms with E-state index in [0.29, 0.717) is 17.5 Å². The molecular weight excluding hydrogens is 773 g/mol. The van der Waals surface area contributed by atoms with Crippen molar-refractivity contribution in [1.82, 2.24) is 19.5 Å². The van der Waals surface area contributed by atoms with E-state index in [0.717, 1.165) is 99.5 Å². The molecule has 0 saturated heterocycles. The highest BCUT2D eigenvalue weighted by molar-refractivity contribution is 6.18. The normalized spacial score (nSPS) is 11.8. The van der Waals surface area contributed by atoms with E-state index in [-0.39, 0.29) is 0 Å². The fraction of sp³-hybridized carbons (Fsp3) is 0. The molecule has 0 fully saturated rings. The number of hydrogen-bond donors (Lipinski definition) is 0. The van der Waals surface area contributed by atoms with Crippen molar-refractivity contribution in [3.63, 3.8) is 0 Å². The smallest absolute Gasteiger partial charge is 0.164 e. The number of furan rings is 2. The van der Waals surface area contributed by atoms with Gasteiger partial charge in [0.1, 0.15) is 22.3 Å². The van der Waals surface area contributed by atoms with Crippen LogP contribution in [0.5, 0.6) is 0 Å². The molecule has 6 nitrogen and oxygen atoms in total. The fourth-order valence-corrected chi connectivity index (χ4v) is 9.45. The van der Waals surface area contributed by atoms with Gasteiger partial charge in [-0.05, 0) is 71.3 Å². The highest BCUT2D eigenvalue weighted by atomic mass is 16.3. The number of para-hydroxylation sites is 3. The maximum atomic E-state index is 6.67. The second-order valence-electron chi connectivity index (χ2n) is 15.9. The van der Waals surface area contributed by atoms with Crippen molar-refractivity contribution in [2.24, 2.45) is 0 Å². The van der Waals surface area contributed by atoms with Crippen molar-refractivity contribution in [3.05, 3.63) is 206 Å². The Morgan fingerprint density at radius 1 is 0.317 bits per heavy atom. The van der Waals surface area contributed by atoms with Gasteiger partial charge >= 0.3 is 0 Å². The Bertz CT molecular complexity index is 3870. The molecule has 0 aliphatic heterocycles. The lowest BCUT2D eigenvalue weighted by atomic mass is 9.95. The van der Waals surface area contributed by atoms with Gasteiger partial charge in [0.25, 0.3) is 0 Å². The van der Waals surface area contributed by atoms with Gasteiger partial charge in [0.2, 0.25) is 0 Å². The lowest BCUT2D eigenvalue weighted by molar-refractivity contribution is 0.669. The first-order valence-corrected chi connectivity index (χ1v) is 21.1. The number of hydrogen-bond acceptors (Lipinski definition) is 5. The van der Waals surface area contributed by atoms with Gasteiger partial charge < -0.3 is 13.4 Å². The Balaban J connectivity index is 1.07. The van der Waals surface area contributed by atoms with Gasteiger partial charge in [0.15, 0.2) is 17.5 Å². The summed E-state index contributed by atoms with van der Waals surface area (Å²) in [4.78, 5) is 15.5. The quantitative estimate of drug-likeness (QED) is 0.167. The maximum absolute atomic E-state index is 6.67. The summed E-state index contributed by atoms with van der Waals surface area (Å²) in [5, 5.41) is 6.43. The highest BCUT2D eigenvalue weighted by Crippen LogP contribution is 2.45. The predicted octanol–water partition coefficient (Wildman–Crippen LogP) is 15.1. The first kappa shape index (κ1) is 35.2. The first-order valence-electron chi connectivity index (χ1n) is 21.1. The molecule has 0 spiro atoms.